The molecule has 3 N–H and O–H groups in total. The predicted molar refractivity (Wildman–Crippen MR) is 77.1 cm³/mol. The third kappa shape index (κ3) is 3.28. The molecular formula is C15H22ClFN2. The minimum absolute atomic E-state index is 0.209. The van der Waals surface area contributed by atoms with Gasteiger partial charge in [0.25, 0.3) is 0 Å². The van der Waals surface area contributed by atoms with Gasteiger partial charge in [-0.15, -0.1) is 0 Å². The highest BCUT2D eigenvalue weighted by Gasteiger charge is 2.32. The minimum atomic E-state index is -0.277. The molecule has 3 atom stereocenters. The second-order valence-corrected chi connectivity index (χ2v) is 6.36. The zero-order chi connectivity index (χ0) is 14.0. The van der Waals surface area contributed by atoms with Crippen LogP contribution in [0.3, 0.4) is 0 Å². The van der Waals surface area contributed by atoms with E-state index in [1.807, 2.05) is 0 Å². The van der Waals surface area contributed by atoms with Crippen LogP contribution in [-0.2, 0) is 0 Å². The Kier molecular flexibility index (Phi) is 4.82. The fourth-order valence-corrected chi connectivity index (χ4v) is 3.82. The van der Waals surface area contributed by atoms with Gasteiger partial charge in [-0.1, -0.05) is 31.5 Å². The number of hydrogen-bond donors (Lipinski definition) is 2. The van der Waals surface area contributed by atoms with Crippen LogP contribution in [0.1, 0.15) is 44.7 Å². The normalized spacial score (nSPS) is 29.2. The van der Waals surface area contributed by atoms with E-state index >= 15 is 0 Å². The molecular weight excluding hydrogens is 263 g/mol. The summed E-state index contributed by atoms with van der Waals surface area (Å²) in [6, 6.07) is 4.58. The first-order valence-electron chi connectivity index (χ1n) is 6.93. The summed E-state index contributed by atoms with van der Waals surface area (Å²) in [5.74, 6) is 7.04. The SMILES string of the molecule is CC1CC(C)CC(C(NN)c2c(F)cccc2Cl)C1. The number of hydrogen-bond acceptors (Lipinski definition) is 2. The Morgan fingerprint density at radius 2 is 1.89 bits per heavy atom. The molecule has 0 saturated heterocycles. The summed E-state index contributed by atoms with van der Waals surface area (Å²) in [4.78, 5) is 0. The van der Waals surface area contributed by atoms with E-state index in [2.05, 4.69) is 19.3 Å². The molecule has 1 aliphatic carbocycles. The highest BCUT2D eigenvalue weighted by atomic mass is 35.5. The van der Waals surface area contributed by atoms with Gasteiger partial charge in [-0.2, -0.15) is 0 Å². The molecule has 1 saturated carbocycles. The van der Waals surface area contributed by atoms with Gasteiger partial charge in [0.15, 0.2) is 0 Å². The van der Waals surface area contributed by atoms with Crippen molar-refractivity contribution in [1.82, 2.24) is 5.43 Å². The molecule has 3 unspecified atom stereocenters. The molecule has 0 aromatic heterocycles. The monoisotopic (exact) mass is 284 g/mol. The molecule has 1 aromatic carbocycles. The van der Waals surface area contributed by atoms with E-state index in [1.165, 1.54) is 12.5 Å². The Balaban J connectivity index is 2.29. The Bertz CT molecular complexity index is 408. The predicted octanol–water partition coefficient (Wildman–Crippen LogP) is 4.06. The second kappa shape index (κ2) is 6.21. The van der Waals surface area contributed by atoms with Gasteiger partial charge in [0, 0.05) is 10.6 Å². The van der Waals surface area contributed by atoms with Crippen LogP contribution in [0.15, 0.2) is 18.2 Å². The smallest absolute Gasteiger partial charge is 0.129 e. The van der Waals surface area contributed by atoms with Crippen LogP contribution < -0.4 is 11.3 Å². The van der Waals surface area contributed by atoms with Crippen LogP contribution in [0.25, 0.3) is 0 Å². The Morgan fingerprint density at radius 3 is 2.42 bits per heavy atom. The van der Waals surface area contributed by atoms with E-state index in [-0.39, 0.29) is 11.9 Å². The number of nitrogens with two attached hydrogens (primary N) is 1. The van der Waals surface area contributed by atoms with Crippen LogP contribution in [0, 0.1) is 23.6 Å². The lowest BCUT2D eigenvalue weighted by Gasteiger charge is -2.36. The number of hydrazine groups is 1. The third-order valence-electron chi connectivity index (χ3n) is 4.18. The standard InChI is InChI=1S/C15H22ClFN2/c1-9-6-10(2)8-11(7-9)15(19-18)14-12(16)4-3-5-13(14)17/h3-5,9-11,15,19H,6-8,18H2,1-2H3. The van der Waals surface area contributed by atoms with Gasteiger partial charge < -0.3 is 0 Å². The summed E-state index contributed by atoms with van der Waals surface area (Å²) in [5.41, 5.74) is 3.30. The first-order valence-corrected chi connectivity index (χ1v) is 7.30. The van der Waals surface area contributed by atoms with Crippen molar-refractivity contribution in [1.29, 1.82) is 0 Å². The maximum absolute atomic E-state index is 14.1. The van der Waals surface area contributed by atoms with Crippen LogP contribution in [-0.4, -0.2) is 0 Å². The first kappa shape index (κ1) is 14.8. The summed E-state index contributed by atoms with van der Waals surface area (Å²) in [5, 5.41) is 0.453. The molecule has 2 nitrogen and oxygen atoms in total. The van der Waals surface area contributed by atoms with Gasteiger partial charge in [0.1, 0.15) is 5.82 Å². The van der Waals surface area contributed by atoms with Crippen molar-refractivity contribution in [2.24, 2.45) is 23.6 Å². The Hall–Kier alpha value is -0.640. The zero-order valence-electron chi connectivity index (χ0n) is 11.5. The quantitative estimate of drug-likeness (QED) is 0.649. The first-order chi connectivity index (χ1) is 9.02. The lowest BCUT2D eigenvalue weighted by Crippen LogP contribution is -2.37. The van der Waals surface area contributed by atoms with Gasteiger partial charge in [-0.05, 0) is 49.1 Å². The molecule has 4 heteroatoms. The molecule has 0 amide bonds. The molecule has 106 valence electrons. The van der Waals surface area contributed by atoms with Crippen molar-refractivity contribution in [3.8, 4) is 0 Å². The van der Waals surface area contributed by atoms with Crippen molar-refractivity contribution >= 4 is 11.6 Å². The lowest BCUT2D eigenvalue weighted by atomic mass is 9.72. The van der Waals surface area contributed by atoms with E-state index in [9.17, 15) is 4.39 Å². The average molecular weight is 285 g/mol. The van der Waals surface area contributed by atoms with Crippen LogP contribution in [0.4, 0.5) is 4.39 Å². The number of benzene rings is 1. The fraction of sp³-hybridized carbons (Fsp3) is 0.600. The van der Waals surface area contributed by atoms with E-state index in [0.29, 0.717) is 28.3 Å². The largest absolute Gasteiger partial charge is 0.271 e. The van der Waals surface area contributed by atoms with Crippen molar-refractivity contribution in [2.45, 2.75) is 39.2 Å². The van der Waals surface area contributed by atoms with Gasteiger partial charge in [-0.3, -0.25) is 11.3 Å². The number of rotatable bonds is 3. The van der Waals surface area contributed by atoms with Crippen LogP contribution in [0.2, 0.25) is 5.02 Å². The summed E-state index contributed by atoms with van der Waals surface area (Å²) in [6.45, 7) is 4.50. The van der Waals surface area contributed by atoms with E-state index in [4.69, 9.17) is 17.4 Å². The Morgan fingerprint density at radius 1 is 1.26 bits per heavy atom. The molecule has 0 spiro atoms. The van der Waals surface area contributed by atoms with Crippen LogP contribution in [0.5, 0.6) is 0 Å². The van der Waals surface area contributed by atoms with Gasteiger partial charge in [-0.25, -0.2) is 4.39 Å². The minimum Gasteiger partial charge on any atom is -0.271 e. The zero-order valence-corrected chi connectivity index (χ0v) is 12.3. The molecule has 0 radical (unpaired) electrons. The van der Waals surface area contributed by atoms with Crippen molar-refractivity contribution in [2.75, 3.05) is 0 Å². The van der Waals surface area contributed by atoms with Crippen LogP contribution >= 0.6 is 11.6 Å². The van der Waals surface area contributed by atoms with E-state index in [1.54, 1.807) is 12.1 Å². The van der Waals surface area contributed by atoms with Crippen molar-refractivity contribution < 1.29 is 4.39 Å². The fourth-order valence-electron chi connectivity index (χ4n) is 3.54. The van der Waals surface area contributed by atoms with Gasteiger partial charge >= 0.3 is 0 Å². The van der Waals surface area contributed by atoms with E-state index < -0.39 is 0 Å². The maximum atomic E-state index is 14.1. The van der Waals surface area contributed by atoms with Gasteiger partial charge in [0.2, 0.25) is 0 Å². The molecule has 1 aliphatic rings. The molecule has 19 heavy (non-hydrogen) atoms. The summed E-state index contributed by atoms with van der Waals surface area (Å²) >= 11 is 6.16. The topological polar surface area (TPSA) is 38.0 Å². The molecule has 1 fully saturated rings. The summed E-state index contributed by atoms with van der Waals surface area (Å²) in [7, 11) is 0. The van der Waals surface area contributed by atoms with Crippen molar-refractivity contribution in [3.05, 3.63) is 34.6 Å². The van der Waals surface area contributed by atoms with E-state index in [0.717, 1.165) is 12.8 Å². The molecule has 2 rings (SSSR count). The molecule has 0 heterocycles. The molecule has 0 aliphatic heterocycles. The number of nitrogens with one attached hydrogen (secondary N) is 1. The third-order valence-corrected chi connectivity index (χ3v) is 4.51. The van der Waals surface area contributed by atoms with Crippen molar-refractivity contribution in [3.63, 3.8) is 0 Å². The van der Waals surface area contributed by atoms with Gasteiger partial charge in [0.05, 0.1) is 6.04 Å². The number of halogens is 2. The Labute approximate surface area is 119 Å². The highest BCUT2D eigenvalue weighted by molar-refractivity contribution is 6.31. The second-order valence-electron chi connectivity index (χ2n) is 5.96. The molecule has 1 aromatic rings. The highest BCUT2D eigenvalue weighted by Crippen LogP contribution is 2.41. The summed E-state index contributed by atoms with van der Waals surface area (Å²) < 4.78 is 14.1. The molecule has 0 bridgehead atoms. The average Bonchev–Trinajstić information content (AvgIpc) is 2.32. The maximum Gasteiger partial charge on any atom is 0.129 e. The summed E-state index contributed by atoms with van der Waals surface area (Å²) in [6.07, 6.45) is 3.35. The lowest BCUT2D eigenvalue weighted by molar-refractivity contribution is 0.175.